The normalized spacial score (nSPS) is 17.8. The van der Waals surface area contributed by atoms with E-state index >= 15 is 0 Å². The van der Waals surface area contributed by atoms with Crippen LogP contribution in [-0.4, -0.2) is 28.8 Å². The molecule has 1 aromatic heterocycles. The number of hydrogen-bond donors (Lipinski definition) is 3. The van der Waals surface area contributed by atoms with Crippen LogP contribution in [-0.2, 0) is 0 Å². The maximum atomic E-state index is 7.74. The molecular formula is C18H24N6. The zero-order valence-corrected chi connectivity index (χ0v) is 14.2. The van der Waals surface area contributed by atoms with Crippen molar-refractivity contribution in [2.24, 2.45) is 5.92 Å². The lowest BCUT2D eigenvalue weighted by atomic mass is 10.00. The number of hydrogen-bond acceptors (Lipinski definition) is 6. The van der Waals surface area contributed by atoms with Gasteiger partial charge in [0, 0.05) is 41.7 Å². The van der Waals surface area contributed by atoms with Crippen LogP contribution in [0.25, 0.3) is 11.3 Å². The summed E-state index contributed by atoms with van der Waals surface area (Å²) in [6, 6.07) is 7.60. The van der Waals surface area contributed by atoms with Gasteiger partial charge in [-0.15, -0.1) is 0 Å². The molecule has 3 rings (SSSR count). The van der Waals surface area contributed by atoms with Crippen LogP contribution in [0.2, 0.25) is 0 Å². The van der Waals surface area contributed by atoms with E-state index in [1.165, 1.54) is 12.8 Å². The number of nitrogens with one attached hydrogen (secondary N) is 1. The summed E-state index contributed by atoms with van der Waals surface area (Å²) < 4.78 is 0. The number of piperidine rings is 1. The number of nitrogen functional groups attached to an aromatic ring is 2. The average molecular weight is 324 g/mol. The fourth-order valence-electron chi connectivity index (χ4n) is 3.22. The molecule has 1 aliphatic rings. The number of nitrogens with zero attached hydrogens (tertiary/aromatic N) is 3. The zero-order chi connectivity index (χ0) is 17.3. The molecule has 0 bridgehead atoms. The van der Waals surface area contributed by atoms with Gasteiger partial charge in [-0.2, -0.15) is 4.98 Å². The van der Waals surface area contributed by atoms with Crippen LogP contribution < -0.4 is 16.4 Å². The van der Waals surface area contributed by atoms with Crippen LogP contribution in [0.1, 0.15) is 32.3 Å². The van der Waals surface area contributed by atoms with E-state index in [1.54, 1.807) is 6.92 Å². The van der Waals surface area contributed by atoms with Gasteiger partial charge in [0.25, 0.3) is 0 Å². The van der Waals surface area contributed by atoms with Crippen LogP contribution in [0.15, 0.2) is 24.3 Å². The predicted octanol–water partition coefficient (Wildman–Crippen LogP) is 2.93. The first-order valence-corrected chi connectivity index (χ1v) is 8.29. The van der Waals surface area contributed by atoms with Gasteiger partial charge in [0.05, 0.1) is 5.69 Å². The van der Waals surface area contributed by atoms with Crippen molar-refractivity contribution < 1.29 is 0 Å². The lowest BCUT2D eigenvalue weighted by molar-refractivity contribution is 0.444. The Balaban J connectivity index is 1.97. The first-order chi connectivity index (χ1) is 11.4. The van der Waals surface area contributed by atoms with Gasteiger partial charge in [0.2, 0.25) is 5.95 Å². The summed E-state index contributed by atoms with van der Waals surface area (Å²) in [4.78, 5) is 11.1. The molecule has 0 saturated carbocycles. The van der Waals surface area contributed by atoms with Crippen LogP contribution in [0, 0.1) is 11.3 Å². The standard InChI is InChI=1S/C18H24N6/c1-11-4-3-7-24(10-11)17-9-16(22-18(21)23-17)13-5-6-14(12(2)19)15(20)8-13/h5-6,8-9,11,19H,3-4,7,10,20H2,1-2H3,(H2,21,22,23). The first-order valence-electron chi connectivity index (χ1n) is 8.29. The summed E-state index contributed by atoms with van der Waals surface area (Å²) in [6.45, 7) is 5.97. The lowest BCUT2D eigenvalue weighted by Crippen LogP contribution is -2.35. The van der Waals surface area contributed by atoms with Gasteiger partial charge in [-0.05, 0) is 31.7 Å². The Morgan fingerprint density at radius 3 is 2.71 bits per heavy atom. The number of rotatable bonds is 3. The van der Waals surface area contributed by atoms with Crippen molar-refractivity contribution in [1.29, 1.82) is 5.41 Å². The van der Waals surface area contributed by atoms with Crippen LogP contribution in [0.4, 0.5) is 17.5 Å². The van der Waals surface area contributed by atoms with E-state index in [2.05, 4.69) is 21.8 Å². The molecule has 2 aromatic rings. The second kappa shape index (κ2) is 6.47. The highest BCUT2D eigenvalue weighted by molar-refractivity contribution is 6.01. The third kappa shape index (κ3) is 3.32. The van der Waals surface area contributed by atoms with Gasteiger partial charge in [-0.1, -0.05) is 19.1 Å². The maximum absolute atomic E-state index is 7.74. The Morgan fingerprint density at radius 1 is 1.25 bits per heavy atom. The summed E-state index contributed by atoms with van der Waals surface area (Å²) in [5.41, 5.74) is 15.4. The molecular weight excluding hydrogens is 300 g/mol. The van der Waals surface area contributed by atoms with Crippen molar-refractivity contribution in [2.75, 3.05) is 29.5 Å². The van der Waals surface area contributed by atoms with Crippen molar-refractivity contribution in [1.82, 2.24) is 9.97 Å². The molecule has 1 saturated heterocycles. The summed E-state index contributed by atoms with van der Waals surface area (Å²) >= 11 is 0. The Hall–Kier alpha value is -2.63. The van der Waals surface area contributed by atoms with Gasteiger partial charge in [-0.25, -0.2) is 4.98 Å². The summed E-state index contributed by atoms with van der Waals surface area (Å²) in [5.74, 6) is 1.80. The van der Waals surface area contributed by atoms with E-state index in [4.69, 9.17) is 16.9 Å². The first kappa shape index (κ1) is 16.2. The van der Waals surface area contributed by atoms with Gasteiger partial charge >= 0.3 is 0 Å². The molecule has 2 heterocycles. The number of benzene rings is 1. The van der Waals surface area contributed by atoms with E-state index < -0.39 is 0 Å². The van der Waals surface area contributed by atoms with Gasteiger partial charge in [0.1, 0.15) is 5.82 Å². The maximum Gasteiger partial charge on any atom is 0.222 e. The van der Waals surface area contributed by atoms with Gasteiger partial charge in [0.15, 0.2) is 0 Å². The third-order valence-corrected chi connectivity index (χ3v) is 4.46. The monoisotopic (exact) mass is 324 g/mol. The molecule has 0 spiro atoms. The predicted molar refractivity (Wildman–Crippen MR) is 99.4 cm³/mol. The fraction of sp³-hybridized carbons (Fsp3) is 0.389. The molecule has 24 heavy (non-hydrogen) atoms. The molecule has 1 atom stereocenters. The number of aromatic nitrogens is 2. The van der Waals surface area contributed by atoms with E-state index in [0.29, 0.717) is 17.3 Å². The molecule has 1 aromatic carbocycles. The highest BCUT2D eigenvalue weighted by Gasteiger charge is 2.19. The molecule has 126 valence electrons. The second-order valence-electron chi connectivity index (χ2n) is 6.59. The van der Waals surface area contributed by atoms with Crippen molar-refractivity contribution >= 4 is 23.2 Å². The molecule has 1 fully saturated rings. The van der Waals surface area contributed by atoms with Crippen LogP contribution in [0.5, 0.6) is 0 Å². The Morgan fingerprint density at radius 2 is 2.04 bits per heavy atom. The molecule has 6 heteroatoms. The average Bonchev–Trinajstić information content (AvgIpc) is 2.54. The summed E-state index contributed by atoms with van der Waals surface area (Å²) in [5, 5.41) is 7.74. The fourth-order valence-corrected chi connectivity index (χ4v) is 3.22. The Bertz CT molecular complexity index is 770. The Labute approximate surface area is 142 Å². The zero-order valence-electron chi connectivity index (χ0n) is 14.2. The number of nitrogens with two attached hydrogens (primary N) is 2. The topological polar surface area (TPSA) is 105 Å². The Kier molecular flexibility index (Phi) is 4.38. The highest BCUT2D eigenvalue weighted by atomic mass is 15.2. The minimum absolute atomic E-state index is 0.270. The van der Waals surface area contributed by atoms with Gasteiger partial charge in [-0.3, -0.25) is 0 Å². The quantitative estimate of drug-likeness (QED) is 0.594. The van der Waals surface area contributed by atoms with E-state index in [-0.39, 0.29) is 5.95 Å². The summed E-state index contributed by atoms with van der Waals surface area (Å²) in [7, 11) is 0. The SMILES string of the molecule is CC(=N)c1ccc(-c2cc(N3CCCC(C)C3)nc(N)n2)cc1N. The van der Waals surface area contributed by atoms with Crippen molar-refractivity contribution in [3.05, 3.63) is 29.8 Å². The molecule has 0 amide bonds. The molecule has 6 nitrogen and oxygen atoms in total. The third-order valence-electron chi connectivity index (χ3n) is 4.46. The smallest absolute Gasteiger partial charge is 0.222 e. The molecule has 1 aliphatic heterocycles. The highest BCUT2D eigenvalue weighted by Crippen LogP contribution is 2.28. The minimum atomic E-state index is 0.270. The van der Waals surface area contributed by atoms with Crippen molar-refractivity contribution in [3.8, 4) is 11.3 Å². The molecule has 0 aliphatic carbocycles. The van der Waals surface area contributed by atoms with Crippen molar-refractivity contribution in [3.63, 3.8) is 0 Å². The molecule has 5 N–H and O–H groups in total. The molecule has 0 radical (unpaired) electrons. The van der Waals surface area contributed by atoms with Gasteiger partial charge < -0.3 is 21.8 Å². The summed E-state index contributed by atoms with van der Waals surface area (Å²) in [6.07, 6.45) is 2.42. The van der Waals surface area contributed by atoms with Crippen LogP contribution >= 0.6 is 0 Å². The minimum Gasteiger partial charge on any atom is -0.398 e. The van der Waals surface area contributed by atoms with E-state index in [0.717, 1.165) is 35.7 Å². The second-order valence-corrected chi connectivity index (χ2v) is 6.59. The van der Waals surface area contributed by atoms with E-state index in [1.807, 2.05) is 24.3 Å². The largest absolute Gasteiger partial charge is 0.398 e. The van der Waals surface area contributed by atoms with Crippen LogP contribution in [0.3, 0.4) is 0 Å². The molecule has 1 unspecified atom stereocenters. The number of anilines is 3. The van der Waals surface area contributed by atoms with Crippen molar-refractivity contribution in [2.45, 2.75) is 26.7 Å². The van der Waals surface area contributed by atoms with E-state index in [9.17, 15) is 0 Å². The lowest BCUT2D eigenvalue weighted by Gasteiger charge is -2.32.